The number of amides is 2. The topological polar surface area (TPSA) is 75.9 Å². The third-order valence-corrected chi connectivity index (χ3v) is 5.43. The van der Waals surface area contributed by atoms with Crippen LogP contribution in [0.3, 0.4) is 0 Å². The van der Waals surface area contributed by atoms with Crippen LogP contribution >= 0.6 is 0 Å². The molecule has 2 fully saturated rings. The van der Waals surface area contributed by atoms with Crippen molar-refractivity contribution in [1.29, 1.82) is 0 Å². The number of rotatable bonds is 3. The lowest BCUT2D eigenvalue weighted by atomic mass is 9.77. The minimum absolute atomic E-state index is 0.0203. The van der Waals surface area contributed by atoms with Crippen molar-refractivity contribution in [3.05, 3.63) is 35.9 Å². The van der Waals surface area contributed by atoms with Crippen molar-refractivity contribution >= 4 is 12.0 Å². The first-order chi connectivity index (χ1) is 12.0. The van der Waals surface area contributed by atoms with E-state index >= 15 is 0 Å². The summed E-state index contributed by atoms with van der Waals surface area (Å²) < 4.78 is 5.44. The third kappa shape index (κ3) is 4.12. The summed E-state index contributed by atoms with van der Waals surface area (Å²) in [4.78, 5) is 28.0. The molecular weight excluding hydrogens is 318 g/mol. The molecule has 1 atom stereocenters. The van der Waals surface area contributed by atoms with Crippen LogP contribution in [0.4, 0.5) is 4.79 Å². The van der Waals surface area contributed by atoms with E-state index in [1.54, 1.807) is 6.92 Å². The number of ether oxygens (including phenoxy) is 1. The van der Waals surface area contributed by atoms with Crippen molar-refractivity contribution in [2.45, 2.75) is 38.8 Å². The van der Waals surface area contributed by atoms with Crippen molar-refractivity contribution in [3.63, 3.8) is 0 Å². The van der Waals surface area contributed by atoms with E-state index in [9.17, 15) is 9.59 Å². The fourth-order valence-corrected chi connectivity index (χ4v) is 3.80. The maximum absolute atomic E-state index is 12.3. The van der Waals surface area contributed by atoms with Gasteiger partial charge >= 0.3 is 6.09 Å². The standard InChI is InChI=1S/C19H27N3O3/c1-15(20)17(23)21-10-7-19(8-11-21)9-12-22(14-19)18(24)25-13-16-5-3-2-4-6-16/h2-6,15H,7-14,20H2,1H3. The molecule has 1 spiro atoms. The Morgan fingerprint density at radius 3 is 2.32 bits per heavy atom. The Balaban J connectivity index is 1.48. The highest BCUT2D eigenvalue weighted by Gasteiger charge is 2.43. The molecule has 2 heterocycles. The molecule has 6 heteroatoms. The summed E-state index contributed by atoms with van der Waals surface area (Å²) in [7, 11) is 0. The van der Waals surface area contributed by atoms with Crippen molar-refractivity contribution in [1.82, 2.24) is 9.80 Å². The predicted octanol–water partition coefficient (Wildman–Crippen LogP) is 1.98. The lowest BCUT2D eigenvalue weighted by Crippen LogP contribution is -2.49. The molecule has 2 aliphatic heterocycles. The molecule has 0 saturated carbocycles. The van der Waals surface area contributed by atoms with Gasteiger partial charge in [-0.2, -0.15) is 0 Å². The Morgan fingerprint density at radius 1 is 1.12 bits per heavy atom. The van der Waals surface area contributed by atoms with Crippen molar-refractivity contribution in [3.8, 4) is 0 Å². The zero-order valence-electron chi connectivity index (χ0n) is 14.8. The number of piperidine rings is 1. The Hall–Kier alpha value is -2.08. The van der Waals surface area contributed by atoms with Crippen LogP contribution in [0.25, 0.3) is 0 Å². The van der Waals surface area contributed by atoms with Crippen LogP contribution in [-0.2, 0) is 16.1 Å². The van der Waals surface area contributed by atoms with E-state index in [0.717, 1.165) is 51.0 Å². The second kappa shape index (κ2) is 7.44. The van der Waals surface area contributed by atoms with E-state index in [2.05, 4.69) is 0 Å². The van der Waals surface area contributed by atoms with Gasteiger partial charge in [0, 0.05) is 26.2 Å². The van der Waals surface area contributed by atoms with Crippen molar-refractivity contribution < 1.29 is 14.3 Å². The van der Waals surface area contributed by atoms with Gasteiger partial charge in [0.25, 0.3) is 0 Å². The van der Waals surface area contributed by atoms with Crippen LogP contribution in [0.5, 0.6) is 0 Å². The molecule has 0 aliphatic carbocycles. The number of nitrogens with zero attached hydrogens (tertiary/aromatic N) is 2. The zero-order chi connectivity index (χ0) is 17.9. The highest BCUT2D eigenvalue weighted by molar-refractivity contribution is 5.81. The first kappa shape index (κ1) is 17.7. The second-order valence-electron chi connectivity index (χ2n) is 7.33. The molecular formula is C19H27N3O3. The van der Waals surface area contributed by atoms with Gasteiger partial charge in [0.2, 0.25) is 5.91 Å². The molecule has 2 amide bonds. The summed E-state index contributed by atoms with van der Waals surface area (Å²) in [5.41, 5.74) is 6.81. The summed E-state index contributed by atoms with van der Waals surface area (Å²) in [6, 6.07) is 9.27. The molecule has 2 N–H and O–H groups in total. The molecule has 1 aromatic carbocycles. The summed E-state index contributed by atoms with van der Waals surface area (Å²) in [5, 5.41) is 0. The number of nitrogens with two attached hydrogens (primary N) is 1. The highest BCUT2D eigenvalue weighted by atomic mass is 16.6. The Labute approximate surface area is 148 Å². The van der Waals surface area contributed by atoms with E-state index in [-0.39, 0.29) is 17.4 Å². The number of benzene rings is 1. The van der Waals surface area contributed by atoms with Crippen molar-refractivity contribution in [2.24, 2.45) is 11.1 Å². The number of carbonyl (C=O) groups is 2. The van der Waals surface area contributed by atoms with Gasteiger partial charge in [-0.15, -0.1) is 0 Å². The van der Waals surface area contributed by atoms with Gasteiger partial charge in [-0.25, -0.2) is 4.79 Å². The van der Waals surface area contributed by atoms with E-state index < -0.39 is 6.04 Å². The minimum Gasteiger partial charge on any atom is -0.445 e. The van der Waals surface area contributed by atoms with Crippen LogP contribution in [0, 0.1) is 5.41 Å². The second-order valence-corrected chi connectivity index (χ2v) is 7.33. The lowest BCUT2D eigenvalue weighted by Gasteiger charge is -2.39. The number of hydrogen-bond acceptors (Lipinski definition) is 4. The summed E-state index contributed by atoms with van der Waals surface area (Å²) in [5.74, 6) is 0.0203. The van der Waals surface area contributed by atoms with Gasteiger partial charge in [-0.3, -0.25) is 4.79 Å². The maximum atomic E-state index is 12.3. The van der Waals surface area contributed by atoms with Gasteiger partial charge in [-0.05, 0) is 37.2 Å². The quantitative estimate of drug-likeness (QED) is 0.909. The molecule has 136 valence electrons. The lowest BCUT2D eigenvalue weighted by molar-refractivity contribution is -0.134. The summed E-state index contributed by atoms with van der Waals surface area (Å²) in [6.07, 6.45) is 2.59. The van der Waals surface area contributed by atoms with Crippen LogP contribution < -0.4 is 5.73 Å². The van der Waals surface area contributed by atoms with E-state index in [4.69, 9.17) is 10.5 Å². The van der Waals surface area contributed by atoms with Gasteiger partial charge in [0.15, 0.2) is 0 Å². The average Bonchev–Trinajstić information content (AvgIpc) is 3.04. The number of likely N-dealkylation sites (tertiary alicyclic amines) is 2. The monoisotopic (exact) mass is 345 g/mol. The largest absolute Gasteiger partial charge is 0.445 e. The number of carbonyl (C=O) groups excluding carboxylic acids is 2. The average molecular weight is 345 g/mol. The molecule has 3 rings (SSSR count). The highest BCUT2D eigenvalue weighted by Crippen LogP contribution is 2.40. The molecule has 25 heavy (non-hydrogen) atoms. The summed E-state index contributed by atoms with van der Waals surface area (Å²) in [6.45, 7) is 4.95. The molecule has 0 radical (unpaired) electrons. The Bertz CT molecular complexity index is 610. The van der Waals surface area contributed by atoms with Crippen molar-refractivity contribution in [2.75, 3.05) is 26.2 Å². The van der Waals surface area contributed by atoms with Gasteiger partial charge in [0.1, 0.15) is 6.61 Å². The van der Waals surface area contributed by atoms with Gasteiger partial charge in [-0.1, -0.05) is 30.3 Å². The van der Waals surface area contributed by atoms with Gasteiger partial charge < -0.3 is 20.3 Å². The normalized spacial score (nSPS) is 20.6. The first-order valence-corrected chi connectivity index (χ1v) is 8.99. The predicted molar refractivity (Wildman–Crippen MR) is 94.7 cm³/mol. The van der Waals surface area contributed by atoms with Crippen LogP contribution in [0.2, 0.25) is 0 Å². The van der Waals surface area contributed by atoms with E-state index in [0.29, 0.717) is 6.61 Å². The maximum Gasteiger partial charge on any atom is 0.410 e. The molecule has 1 aromatic rings. The molecule has 2 saturated heterocycles. The van der Waals surface area contributed by atoms with Crippen LogP contribution in [0.1, 0.15) is 31.7 Å². The fraction of sp³-hybridized carbons (Fsp3) is 0.579. The SMILES string of the molecule is CC(N)C(=O)N1CCC2(CCN(C(=O)OCc3ccccc3)C2)CC1. The number of hydrogen-bond donors (Lipinski definition) is 1. The Kier molecular flexibility index (Phi) is 5.27. The fourth-order valence-electron chi connectivity index (χ4n) is 3.80. The molecule has 1 unspecified atom stereocenters. The zero-order valence-corrected chi connectivity index (χ0v) is 14.8. The molecule has 0 bridgehead atoms. The smallest absolute Gasteiger partial charge is 0.410 e. The minimum atomic E-state index is -0.443. The first-order valence-electron chi connectivity index (χ1n) is 8.99. The summed E-state index contributed by atoms with van der Waals surface area (Å²) >= 11 is 0. The third-order valence-electron chi connectivity index (χ3n) is 5.43. The molecule has 2 aliphatic rings. The van der Waals surface area contributed by atoms with E-state index in [1.165, 1.54) is 0 Å². The van der Waals surface area contributed by atoms with Crippen LogP contribution in [0.15, 0.2) is 30.3 Å². The Morgan fingerprint density at radius 2 is 1.72 bits per heavy atom. The van der Waals surface area contributed by atoms with Gasteiger partial charge in [0.05, 0.1) is 6.04 Å². The molecule has 6 nitrogen and oxygen atoms in total. The molecule has 0 aromatic heterocycles. The van der Waals surface area contributed by atoms with Crippen LogP contribution in [-0.4, -0.2) is 54.0 Å². The van der Waals surface area contributed by atoms with E-state index in [1.807, 2.05) is 40.1 Å².